The number of carbonyl (C=O) groups excluding carboxylic acids is 2. The van der Waals surface area contributed by atoms with Crippen molar-refractivity contribution in [3.8, 4) is 17.6 Å². The van der Waals surface area contributed by atoms with E-state index in [2.05, 4.69) is 26.9 Å². The predicted molar refractivity (Wildman–Crippen MR) is 133 cm³/mol. The molecule has 2 aromatic carbocycles. The highest BCUT2D eigenvalue weighted by Crippen LogP contribution is 2.31. The Bertz CT molecular complexity index is 1260. The molecule has 1 aliphatic heterocycles. The SMILES string of the molecule is COc1ccc(C(=O)N2CCC(CC#N)(NC(=O)c3cn[nH]c3Nc3ccccc3)CC2)cc1OC. The van der Waals surface area contributed by atoms with Crippen molar-refractivity contribution in [1.29, 1.82) is 5.26 Å². The van der Waals surface area contributed by atoms with Crippen molar-refractivity contribution in [3.63, 3.8) is 0 Å². The minimum atomic E-state index is -0.749. The number of nitriles is 1. The molecule has 10 nitrogen and oxygen atoms in total. The minimum absolute atomic E-state index is 0.135. The lowest BCUT2D eigenvalue weighted by Crippen LogP contribution is -2.56. The maximum absolute atomic E-state index is 13.2. The number of para-hydroxylation sites is 1. The van der Waals surface area contributed by atoms with E-state index in [1.807, 2.05) is 30.3 Å². The first kappa shape index (κ1) is 24.6. The van der Waals surface area contributed by atoms with Crippen LogP contribution in [0.3, 0.4) is 0 Å². The number of hydrogen-bond acceptors (Lipinski definition) is 7. The summed E-state index contributed by atoms with van der Waals surface area (Å²) >= 11 is 0. The largest absolute Gasteiger partial charge is 0.493 e. The van der Waals surface area contributed by atoms with Crippen molar-refractivity contribution in [2.45, 2.75) is 24.8 Å². The number of likely N-dealkylation sites (tertiary alicyclic amines) is 1. The molecule has 186 valence electrons. The summed E-state index contributed by atoms with van der Waals surface area (Å²) in [5.41, 5.74) is 0.894. The number of carbonyl (C=O) groups is 2. The van der Waals surface area contributed by atoms with Gasteiger partial charge >= 0.3 is 0 Å². The summed E-state index contributed by atoms with van der Waals surface area (Å²) < 4.78 is 10.6. The molecule has 4 rings (SSSR count). The molecule has 0 bridgehead atoms. The molecule has 2 amide bonds. The number of aromatic amines is 1. The lowest BCUT2D eigenvalue weighted by Gasteiger charge is -2.41. The van der Waals surface area contributed by atoms with E-state index < -0.39 is 5.54 Å². The molecule has 3 aromatic rings. The third-order valence-corrected chi connectivity index (χ3v) is 6.36. The highest BCUT2D eigenvalue weighted by Gasteiger charge is 2.38. The fraction of sp³-hybridized carbons (Fsp3) is 0.308. The van der Waals surface area contributed by atoms with Crippen LogP contribution in [0.4, 0.5) is 11.5 Å². The molecular formula is C26H28N6O4. The maximum Gasteiger partial charge on any atom is 0.257 e. The zero-order valence-electron chi connectivity index (χ0n) is 20.2. The van der Waals surface area contributed by atoms with E-state index in [9.17, 15) is 14.9 Å². The fourth-order valence-corrected chi connectivity index (χ4v) is 4.31. The van der Waals surface area contributed by atoms with Gasteiger partial charge in [0.2, 0.25) is 0 Å². The van der Waals surface area contributed by atoms with Gasteiger partial charge in [0, 0.05) is 24.3 Å². The normalized spacial score (nSPS) is 14.4. The van der Waals surface area contributed by atoms with Gasteiger partial charge in [-0.3, -0.25) is 14.7 Å². The molecule has 0 aliphatic carbocycles. The molecule has 0 atom stereocenters. The Hall–Kier alpha value is -4.52. The number of benzene rings is 2. The number of piperidine rings is 1. The summed E-state index contributed by atoms with van der Waals surface area (Å²) in [5, 5.41) is 22.5. The highest BCUT2D eigenvalue weighted by atomic mass is 16.5. The quantitative estimate of drug-likeness (QED) is 0.442. The van der Waals surface area contributed by atoms with Gasteiger partial charge in [-0.25, -0.2) is 0 Å². The van der Waals surface area contributed by atoms with Gasteiger partial charge in [-0.15, -0.1) is 0 Å². The van der Waals surface area contributed by atoms with Gasteiger partial charge in [0.1, 0.15) is 11.4 Å². The standard InChI is InChI=1S/C26H28N6O4/c1-35-21-9-8-18(16-22(21)36-2)25(34)32-14-11-26(10-13-27,12-15-32)30-24(33)20-17-28-31-23(20)29-19-6-4-3-5-7-19/h3-9,16-17H,10-12,14-15H2,1-2H3,(H,30,33)(H2,28,29,31). The van der Waals surface area contributed by atoms with Crippen molar-refractivity contribution < 1.29 is 19.1 Å². The highest BCUT2D eigenvalue weighted by molar-refractivity contribution is 5.99. The number of anilines is 2. The van der Waals surface area contributed by atoms with Crippen LogP contribution in [0.25, 0.3) is 0 Å². The van der Waals surface area contributed by atoms with Crippen LogP contribution in [0.15, 0.2) is 54.7 Å². The maximum atomic E-state index is 13.2. The van der Waals surface area contributed by atoms with Crippen LogP contribution >= 0.6 is 0 Å². The molecule has 1 aromatic heterocycles. The van der Waals surface area contributed by atoms with Gasteiger partial charge in [0.25, 0.3) is 11.8 Å². The van der Waals surface area contributed by atoms with Crippen LogP contribution in [0.2, 0.25) is 0 Å². The third-order valence-electron chi connectivity index (χ3n) is 6.36. The van der Waals surface area contributed by atoms with Crippen molar-refractivity contribution in [1.82, 2.24) is 20.4 Å². The number of aromatic nitrogens is 2. The molecule has 1 aliphatic rings. The molecule has 36 heavy (non-hydrogen) atoms. The second kappa shape index (κ2) is 10.8. The predicted octanol–water partition coefficient (Wildman–Crippen LogP) is 3.49. The summed E-state index contributed by atoms with van der Waals surface area (Å²) in [6.07, 6.45) is 2.49. The van der Waals surface area contributed by atoms with Crippen molar-refractivity contribution in [3.05, 3.63) is 65.9 Å². The van der Waals surface area contributed by atoms with Crippen LogP contribution in [0.5, 0.6) is 11.5 Å². The van der Waals surface area contributed by atoms with Gasteiger partial charge < -0.3 is 25.0 Å². The first-order valence-corrected chi connectivity index (χ1v) is 11.5. The zero-order chi connectivity index (χ0) is 25.5. The fourth-order valence-electron chi connectivity index (χ4n) is 4.31. The average Bonchev–Trinajstić information content (AvgIpc) is 3.37. The Morgan fingerprint density at radius 1 is 1.11 bits per heavy atom. The second-order valence-electron chi connectivity index (χ2n) is 8.58. The first-order chi connectivity index (χ1) is 17.5. The molecule has 0 unspecified atom stereocenters. The van der Waals surface area contributed by atoms with Crippen LogP contribution in [-0.4, -0.2) is 59.8 Å². The number of nitrogens with zero attached hydrogens (tertiary/aromatic N) is 3. The molecule has 1 fully saturated rings. The van der Waals surface area contributed by atoms with Crippen LogP contribution in [0, 0.1) is 11.3 Å². The van der Waals surface area contributed by atoms with Crippen molar-refractivity contribution >= 4 is 23.3 Å². The Labute approximate surface area is 209 Å². The first-order valence-electron chi connectivity index (χ1n) is 11.5. The number of nitrogens with one attached hydrogen (secondary N) is 3. The third kappa shape index (κ3) is 5.25. The smallest absolute Gasteiger partial charge is 0.257 e. The van der Waals surface area contributed by atoms with E-state index in [1.165, 1.54) is 20.4 Å². The summed E-state index contributed by atoms with van der Waals surface area (Å²) in [6, 6.07) is 16.7. The van der Waals surface area contributed by atoms with Crippen LogP contribution in [-0.2, 0) is 0 Å². The minimum Gasteiger partial charge on any atom is -0.493 e. The molecule has 0 spiro atoms. The number of H-pyrrole nitrogens is 1. The second-order valence-corrected chi connectivity index (χ2v) is 8.58. The molecule has 0 saturated carbocycles. The summed E-state index contributed by atoms with van der Waals surface area (Å²) in [5.74, 6) is 1.01. The molecular weight excluding hydrogens is 460 g/mol. The zero-order valence-corrected chi connectivity index (χ0v) is 20.2. The lowest BCUT2D eigenvalue weighted by atomic mass is 9.84. The monoisotopic (exact) mass is 488 g/mol. The topological polar surface area (TPSA) is 132 Å². The molecule has 0 radical (unpaired) electrons. The Morgan fingerprint density at radius 2 is 1.83 bits per heavy atom. The van der Waals surface area contributed by atoms with Crippen LogP contribution in [0.1, 0.15) is 40.0 Å². The number of ether oxygens (including phenoxy) is 2. The van der Waals surface area contributed by atoms with Gasteiger partial charge in [0.05, 0.1) is 38.4 Å². The number of rotatable bonds is 8. The summed E-state index contributed by atoms with van der Waals surface area (Å²) in [6.45, 7) is 0.797. The van der Waals surface area contributed by atoms with Gasteiger partial charge in [-0.2, -0.15) is 10.4 Å². The van der Waals surface area contributed by atoms with Crippen molar-refractivity contribution in [2.75, 3.05) is 32.6 Å². The number of methoxy groups -OCH3 is 2. The van der Waals surface area contributed by atoms with Gasteiger partial charge in [0.15, 0.2) is 11.5 Å². The van der Waals surface area contributed by atoms with Crippen molar-refractivity contribution in [2.24, 2.45) is 0 Å². The van der Waals surface area contributed by atoms with E-state index in [-0.39, 0.29) is 18.2 Å². The summed E-state index contributed by atoms with van der Waals surface area (Å²) in [4.78, 5) is 28.1. The number of hydrogen-bond donors (Lipinski definition) is 3. The van der Waals surface area contributed by atoms with E-state index in [0.717, 1.165) is 5.69 Å². The van der Waals surface area contributed by atoms with E-state index >= 15 is 0 Å². The summed E-state index contributed by atoms with van der Waals surface area (Å²) in [7, 11) is 3.06. The molecule has 1 saturated heterocycles. The molecule has 10 heteroatoms. The van der Waals surface area contributed by atoms with Gasteiger partial charge in [-0.1, -0.05) is 18.2 Å². The average molecular weight is 489 g/mol. The van der Waals surface area contributed by atoms with Gasteiger partial charge in [-0.05, 0) is 43.2 Å². The molecule has 3 N–H and O–H groups in total. The van der Waals surface area contributed by atoms with E-state index in [4.69, 9.17) is 9.47 Å². The lowest BCUT2D eigenvalue weighted by molar-refractivity contribution is 0.0623. The van der Waals surface area contributed by atoms with E-state index in [1.54, 1.807) is 23.1 Å². The van der Waals surface area contributed by atoms with Crippen LogP contribution < -0.4 is 20.1 Å². The molecule has 2 heterocycles. The Balaban J connectivity index is 1.44. The Morgan fingerprint density at radius 3 is 2.50 bits per heavy atom. The Kier molecular flexibility index (Phi) is 7.39. The van der Waals surface area contributed by atoms with E-state index in [0.29, 0.717) is 54.4 Å². The number of amides is 2.